The molecule has 2 aliphatic heterocycles. The molecule has 1 amide bonds. The summed E-state index contributed by atoms with van der Waals surface area (Å²) in [5.41, 5.74) is 3.55. The fourth-order valence-corrected chi connectivity index (χ4v) is 4.15. The van der Waals surface area contributed by atoms with E-state index in [0.717, 1.165) is 38.9 Å². The summed E-state index contributed by atoms with van der Waals surface area (Å²) < 4.78 is 0. The molecule has 1 spiro atoms. The molecule has 1 saturated heterocycles. The summed E-state index contributed by atoms with van der Waals surface area (Å²) in [6.07, 6.45) is 6.57. The molecule has 0 bridgehead atoms. The van der Waals surface area contributed by atoms with Crippen LogP contribution in [0.2, 0.25) is 0 Å². The minimum atomic E-state index is -0.294. The number of hydrogen-bond acceptors (Lipinski definition) is 3. The third kappa shape index (κ3) is 2.94. The van der Waals surface area contributed by atoms with Gasteiger partial charge >= 0.3 is 0 Å². The molecular formula is C20H23N3O. The molecule has 1 fully saturated rings. The van der Waals surface area contributed by atoms with E-state index in [4.69, 9.17) is 0 Å². The fourth-order valence-electron chi connectivity index (χ4n) is 4.15. The van der Waals surface area contributed by atoms with E-state index in [1.54, 1.807) is 0 Å². The lowest BCUT2D eigenvalue weighted by molar-refractivity contribution is -0.134. The van der Waals surface area contributed by atoms with Gasteiger partial charge < -0.3 is 5.32 Å². The first-order valence-electron chi connectivity index (χ1n) is 8.72. The molecule has 1 unspecified atom stereocenters. The summed E-state index contributed by atoms with van der Waals surface area (Å²) in [5, 5.41) is 3.17. The van der Waals surface area contributed by atoms with Gasteiger partial charge in [-0.05, 0) is 54.6 Å². The third-order valence-electron chi connectivity index (χ3n) is 5.38. The lowest BCUT2D eigenvalue weighted by atomic mass is 9.74. The number of likely N-dealkylation sites (tertiary alicyclic amines) is 1. The molecule has 1 atom stereocenters. The predicted molar refractivity (Wildman–Crippen MR) is 93.2 cm³/mol. The highest BCUT2D eigenvalue weighted by molar-refractivity contribution is 5.84. The SMILES string of the molecule is O=C1NCc2ccccc2CC12CCCN(Cc1ccncc1)C2. The number of benzene rings is 1. The van der Waals surface area contributed by atoms with Crippen LogP contribution in [-0.2, 0) is 24.3 Å². The molecule has 1 aromatic carbocycles. The van der Waals surface area contributed by atoms with Gasteiger partial charge in [-0.3, -0.25) is 14.7 Å². The van der Waals surface area contributed by atoms with Crippen molar-refractivity contribution in [1.82, 2.24) is 15.2 Å². The Hall–Kier alpha value is -2.20. The standard InChI is InChI=1S/C20H23N3O/c24-19-20(12-17-4-1-2-5-18(17)13-22-19)8-3-11-23(15-20)14-16-6-9-21-10-7-16/h1-2,4-7,9-10H,3,8,11-15H2,(H,22,24). The Bertz CT molecular complexity index is 731. The van der Waals surface area contributed by atoms with E-state index in [1.807, 2.05) is 12.4 Å². The lowest BCUT2D eigenvalue weighted by Crippen LogP contribution is -2.51. The van der Waals surface area contributed by atoms with E-state index < -0.39 is 0 Å². The minimum Gasteiger partial charge on any atom is -0.351 e. The first-order chi connectivity index (χ1) is 11.8. The number of aromatic nitrogens is 1. The summed E-state index contributed by atoms with van der Waals surface area (Å²) in [4.78, 5) is 19.4. The topological polar surface area (TPSA) is 45.2 Å². The fraction of sp³-hybridized carbons (Fsp3) is 0.400. The Morgan fingerprint density at radius 1 is 1.12 bits per heavy atom. The normalized spacial score (nSPS) is 24.2. The Morgan fingerprint density at radius 3 is 2.75 bits per heavy atom. The maximum Gasteiger partial charge on any atom is 0.228 e. The van der Waals surface area contributed by atoms with Gasteiger partial charge in [0, 0.05) is 32.0 Å². The number of amides is 1. The predicted octanol–water partition coefficient (Wildman–Crippen LogP) is 2.54. The lowest BCUT2D eigenvalue weighted by Gasteiger charge is -2.41. The van der Waals surface area contributed by atoms with Crippen LogP contribution in [0.1, 0.15) is 29.5 Å². The quantitative estimate of drug-likeness (QED) is 0.924. The van der Waals surface area contributed by atoms with Gasteiger partial charge in [-0.15, -0.1) is 0 Å². The molecule has 0 aliphatic carbocycles. The number of nitrogens with one attached hydrogen (secondary N) is 1. The Balaban J connectivity index is 1.58. The zero-order valence-corrected chi connectivity index (χ0v) is 13.9. The number of nitrogens with zero attached hydrogens (tertiary/aromatic N) is 2. The van der Waals surface area contributed by atoms with Crippen molar-refractivity contribution in [3.8, 4) is 0 Å². The zero-order chi connectivity index (χ0) is 16.4. The first-order valence-corrected chi connectivity index (χ1v) is 8.72. The molecule has 3 heterocycles. The van der Waals surface area contributed by atoms with Gasteiger partial charge in [-0.1, -0.05) is 24.3 Å². The molecular weight excluding hydrogens is 298 g/mol. The van der Waals surface area contributed by atoms with Crippen molar-refractivity contribution >= 4 is 5.91 Å². The molecule has 24 heavy (non-hydrogen) atoms. The van der Waals surface area contributed by atoms with Crippen molar-refractivity contribution in [1.29, 1.82) is 0 Å². The molecule has 2 aromatic rings. The van der Waals surface area contributed by atoms with Gasteiger partial charge in [0.05, 0.1) is 5.41 Å². The Kier molecular flexibility index (Phi) is 4.07. The number of piperidine rings is 1. The van der Waals surface area contributed by atoms with E-state index in [0.29, 0.717) is 6.54 Å². The maximum absolute atomic E-state index is 12.9. The third-order valence-corrected chi connectivity index (χ3v) is 5.38. The second-order valence-electron chi connectivity index (χ2n) is 7.08. The maximum atomic E-state index is 12.9. The summed E-state index contributed by atoms with van der Waals surface area (Å²) in [6, 6.07) is 12.6. The van der Waals surface area contributed by atoms with Crippen LogP contribution in [0.25, 0.3) is 0 Å². The van der Waals surface area contributed by atoms with Crippen LogP contribution < -0.4 is 5.32 Å². The minimum absolute atomic E-state index is 0.220. The summed E-state index contributed by atoms with van der Waals surface area (Å²) >= 11 is 0. The summed E-state index contributed by atoms with van der Waals surface area (Å²) in [7, 11) is 0. The number of fused-ring (bicyclic) bond motifs is 1. The highest BCUT2D eigenvalue weighted by Gasteiger charge is 2.43. The van der Waals surface area contributed by atoms with Crippen molar-refractivity contribution in [3.63, 3.8) is 0 Å². The first kappa shape index (κ1) is 15.3. The summed E-state index contributed by atoms with van der Waals surface area (Å²) in [5.74, 6) is 0.220. The van der Waals surface area contributed by atoms with E-state index >= 15 is 0 Å². The molecule has 4 heteroatoms. The van der Waals surface area contributed by atoms with Crippen LogP contribution >= 0.6 is 0 Å². The van der Waals surface area contributed by atoms with Crippen LogP contribution in [0.5, 0.6) is 0 Å². The molecule has 0 radical (unpaired) electrons. The molecule has 0 saturated carbocycles. The van der Waals surface area contributed by atoms with Crippen molar-refractivity contribution in [2.24, 2.45) is 5.41 Å². The molecule has 1 N–H and O–H groups in total. The van der Waals surface area contributed by atoms with Crippen molar-refractivity contribution < 1.29 is 4.79 Å². The molecule has 124 valence electrons. The molecule has 2 aliphatic rings. The zero-order valence-electron chi connectivity index (χ0n) is 13.9. The van der Waals surface area contributed by atoms with Gasteiger partial charge in [0.25, 0.3) is 0 Å². The van der Waals surface area contributed by atoms with Crippen molar-refractivity contribution in [2.75, 3.05) is 13.1 Å². The van der Waals surface area contributed by atoms with Gasteiger partial charge in [0.15, 0.2) is 0 Å². The highest BCUT2D eigenvalue weighted by Crippen LogP contribution is 2.37. The second-order valence-corrected chi connectivity index (χ2v) is 7.08. The number of carbonyl (C=O) groups excluding carboxylic acids is 1. The Morgan fingerprint density at radius 2 is 1.92 bits per heavy atom. The van der Waals surface area contributed by atoms with Crippen LogP contribution in [0.4, 0.5) is 0 Å². The van der Waals surface area contributed by atoms with Crippen LogP contribution in [0.15, 0.2) is 48.8 Å². The Labute approximate surface area is 142 Å². The van der Waals surface area contributed by atoms with E-state index in [2.05, 4.69) is 51.6 Å². The monoisotopic (exact) mass is 321 g/mol. The molecule has 4 rings (SSSR count). The average molecular weight is 321 g/mol. The van der Waals surface area contributed by atoms with Gasteiger partial charge in [-0.2, -0.15) is 0 Å². The van der Waals surface area contributed by atoms with Crippen LogP contribution in [0, 0.1) is 5.41 Å². The van der Waals surface area contributed by atoms with Crippen molar-refractivity contribution in [2.45, 2.75) is 32.4 Å². The smallest absolute Gasteiger partial charge is 0.228 e. The highest BCUT2D eigenvalue weighted by atomic mass is 16.2. The van der Waals surface area contributed by atoms with E-state index in [9.17, 15) is 4.79 Å². The number of carbonyl (C=O) groups is 1. The average Bonchev–Trinajstić information content (AvgIpc) is 2.74. The number of hydrogen-bond donors (Lipinski definition) is 1. The van der Waals surface area contributed by atoms with Gasteiger partial charge in [0.1, 0.15) is 0 Å². The molecule has 1 aromatic heterocycles. The van der Waals surface area contributed by atoms with Crippen LogP contribution in [0.3, 0.4) is 0 Å². The number of pyridine rings is 1. The van der Waals surface area contributed by atoms with Crippen LogP contribution in [-0.4, -0.2) is 28.9 Å². The van der Waals surface area contributed by atoms with E-state index in [1.165, 1.54) is 16.7 Å². The molecule has 4 nitrogen and oxygen atoms in total. The summed E-state index contributed by atoms with van der Waals surface area (Å²) in [6.45, 7) is 3.43. The largest absolute Gasteiger partial charge is 0.351 e. The van der Waals surface area contributed by atoms with E-state index in [-0.39, 0.29) is 11.3 Å². The van der Waals surface area contributed by atoms with Crippen molar-refractivity contribution in [3.05, 3.63) is 65.5 Å². The van der Waals surface area contributed by atoms with Gasteiger partial charge in [-0.25, -0.2) is 0 Å². The second kappa shape index (κ2) is 6.36. The van der Waals surface area contributed by atoms with Gasteiger partial charge in [0.2, 0.25) is 5.91 Å². The number of rotatable bonds is 2.